The molecule has 0 atom stereocenters. The molecule has 0 N–H and O–H groups in total. The maximum Gasteiger partial charge on any atom is 0.326 e. The van der Waals surface area contributed by atoms with Gasteiger partial charge in [0, 0.05) is 0 Å². The van der Waals surface area contributed by atoms with Crippen molar-refractivity contribution in [3.8, 4) is 5.75 Å². The molecule has 0 spiro atoms. The molecule has 1 heterocycles. The summed E-state index contributed by atoms with van der Waals surface area (Å²) in [6.07, 6.45) is 0. The highest BCUT2D eigenvalue weighted by Gasteiger charge is 2.14. The van der Waals surface area contributed by atoms with E-state index in [4.69, 9.17) is 21.1 Å². The molecule has 0 saturated carbocycles. The number of aromatic nitrogens is 1. The number of rotatable bonds is 6. The van der Waals surface area contributed by atoms with Gasteiger partial charge in [0.05, 0.1) is 34.0 Å². The first-order valence-electron chi connectivity index (χ1n) is 8.78. The van der Waals surface area contributed by atoms with Gasteiger partial charge in [0.1, 0.15) is 12.3 Å². The second kappa shape index (κ2) is 9.03. The Morgan fingerprint density at radius 3 is 2.64 bits per heavy atom. The van der Waals surface area contributed by atoms with Crippen LogP contribution in [0.3, 0.4) is 0 Å². The number of thiazole rings is 1. The van der Waals surface area contributed by atoms with Gasteiger partial charge in [-0.25, -0.2) is 0 Å². The number of benzene rings is 2. The fourth-order valence-electron chi connectivity index (χ4n) is 2.67. The predicted molar refractivity (Wildman–Crippen MR) is 109 cm³/mol. The van der Waals surface area contributed by atoms with Gasteiger partial charge in [-0.2, -0.15) is 4.99 Å². The molecule has 0 aliphatic heterocycles. The van der Waals surface area contributed by atoms with Crippen LogP contribution in [-0.4, -0.2) is 29.7 Å². The molecule has 28 heavy (non-hydrogen) atoms. The van der Waals surface area contributed by atoms with Crippen LogP contribution < -0.4 is 9.54 Å². The molecular formula is C20H19ClN2O4S. The average molecular weight is 419 g/mol. The van der Waals surface area contributed by atoms with E-state index in [1.165, 1.54) is 11.3 Å². The van der Waals surface area contributed by atoms with Crippen LogP contribution in [0.4, 0.5) is 0 Å². The topological polar surface area (TPSA) is 69.9 Å². The van der Waals surface area contributed by atoms with Gasteiger partial charge in [-0.1, -0.05) is 35.1 Å². The lowest BCUT2D eigenvalue weighted by atomic mass is 10.2. The van der Waals surface area contributed by atoms with E-state index in [1.54, 1.807) is 35.8 Å². The Hall–Kier alpha value is -2.64. The van der Waals surface area contributed by atoms with Gasteiger partial charge in [0.15, 0.2) is 4.80 Å². The first-order chi connectivity index (χ1) is 13.5. The number of carbonyl (C=O) groups is 2. The maximum atomic E-state index is 12.6. The van der Waals surface area contributed by atoms with Crippen LogP contribution in [-0.2, 0) is 16.1 Å². The number of carbonyl (C=O) groups excluding carboxylic acids is 2. The molecule has 1 aromatic heterocycles. The lowest BCUT2D eigenvalue weighted by Crippen LogP contribution is -2.23. The third kappa shape index (κ3) is 4.43. The molecular weight excluding hydrogens is 400 g/mol. The highest BCUT2D eigenvalue weighted by atomic mass is 35.5. The molecule has 8 heteroatoms. The molecule has 0 saturated heterocycles. The van der Waals surface area contributed by atoms with Gasteiger partial charge >= 0.3 is 5.97 Å². The highest BCUT2D eigenvalue weighted by Crippen LogP contribution is 2.24. The van der Waals surface area contributed by atoms with Gasteiger partial charge in [0.25, 0.3) is 5.91 Å². The number of esters is 1. The largest absolute Gasteiger partial charge is 0.494 e. The summed E-state index contributed by atoms with van der Waals surface area (Å²) in [5, 5.41) is 0.327. The number of ether oxygens (including phenoxy) is 2. The van der Waals surface area contributed by atoms with Crippen molar-refractivity contribution in [3.63, 3.8) is 0 Å². The predicted octanol–water partition coefficient (Wildman–Crippen LogP) is 4.06. The fraction of sp³-hybridized carbons (Fsp3) is 0.250. The number of amides is 1. The van der Waals surface area contributed by atoms with Crippen molar-refractivity contribution < 1.29 is 19.1 Å². The second-order valence-corrected chi connectivity index (χ2v) is 7.15. The molecule has 0 aliphatic rings. The standard InChI is InChI=1S/C20H19ClN2O4S/c1-3-26-13-9-10-16-17(11-13)28-20(23(16)12-18(24)27-4-2)22-19(25)14-7-5-6-8-15(14)21/h5-11H,3-4,12H2,1-2H3. The van der Waals surface area contributed by atoms with Crippen molar-refractivity contribution in [2.24, 2.45) is 4.99 Å². The van der Waals surface area contributed by atoms with Crippen molar-refractivity contribution >= 4 is 45.0 Å². The summed E-state index contributed by atoms with van der Waals surface area (Å²) >= 11 is 7.41. The van der Waals surface area contributed by atoms with Gasteiger partial charge in [-0.05, 0) is 44.2 Å². The molecule has 0 aliphatic carbocycles. The van der Waals surface area contributed by atoms with Crippen molar-refractivity contribution in [2.45, 2.75) is 20.4 Å². The number of fused-ring (bicyclic) bond motifs is 1. The molecule has 0 fully saturated rings. The van der Waals surface area contributed by atoms with Crippen molar-refractivity contribution in [2.75, 3.05) is 13.2 Å². The molecule has 1 amide bonds. The Morgan fingerprint density at radius 2 is 1.93 bits per heavy atom. The lowest BCUT2D eigenvalue weighted by Gasteiger charge is -2.06. The quantitative estimate of drug-likeness (QED) is 0.566. The van der Waals surface area contributed by atoms with E-state index in [2.05, 4.69) is 4.99 Å². The maximum absolute atomic E-state index is 12.6. The zero-order chi connectivity index (χ0) is 20.1. The van der Waals surface area contributed by atoms with Crippen molar-refractivity contribution in [1.29, 1.82) is 0 Å². The van der Waals surface area contributed by atoms with E-state index in [-0.39, 0.29) is 13.2 Å². The second-order valence-electron chi connectivity index (χ2n) is 5.74. The Balaban J connectivity index is 2.12. The van der Waals surface area contributed by atoms with Crippen LogP contribution in [0, 0.1) is 0 Å². The minimum atomic E-state index is -0.472. The van der Waals surface area contributed by atoms with E-state index in [9.17, 15) is 9.59 Å². The van der Waals surface area contributed by atoms with Crippen LogP contribution in [0.15, 0.2) is 47.5 Å². The van der Waals surface area contributed by atoms with E-state index in [0.717, 1.165) is 10.2 Å². The summed E-state index contributed by atoms with van der Waals surface area (Å²) in [4.78, 5) is 29.3. The number of hydrogen-bond acceptors (Lipinski definition) is 5. The fourth-order valence-corrected chi connectivity index (χ4v) is 3.94. The monoisotopic (exact) mass is 418 g/mol. The third-order valence-electron chi connectivity index (χ3n) is 3.86. The van der Waals surface area contributed by atoms with Crippen molar-refractivity contribution in [3.05, 3.63) is 57.9 Å². The molecule has 3 rings (SSSR count). The van der Waals surface area contributed by atoms with E-state index in [0.29, 0.717) is 27.7 Å². The first-order valence-corrected chi connectivity index (χ1v) is 9.98. The van der Waals surface area contributed by atoms with E-state index < -0.39 is 11.9 Å². The van der Waals surface area contributed by atoms with Gasteiger partial charge < -0.3 is 14.0 Å². The molecule has 0 radical (unpaired) electrons. The molecule has 0 bridgehead atoms. The summed E-state index contributed by atoms with van der Waals surface area (Å²) in [6.45, 7) is 4.43. The summed E-state index contributed by atoms with van der Waals surface area (Å²) in [5.41, 5.74) is 1.08. The summed E-state index contributed by atoms with van der Waals surface area (Å²) in [7, 11) is 0. The van der Waals surface area contributed by atoms with Crippen LogP contribution in [0.1, 0.15) is 24.2 Å². The average Bonchev–Trinajstić information content (AvgIpc) is 2.99. The molecule has 146 valence electrons. The number of halogens is 1. The Labute approximate surface area is 171 Å². The highest BCUT2D eigenvalue weighted by molar-refractivity contribution is 7.16. The van der Waals surface area contributed by atoms with E-state index in [1.807, 2.05) is 25.1 Å². The van der Waals surface area contributed by atoms with Crippen LogP contribution >= 0.6 is 22.9 Å². The lowest BCUT2D eigenvalue weighted by molar-refractivity contribution is -0.143. The van der Waals surface area contributed by atoms with E-state index >= 15 is 0 Å². The van der Waals surface area contributed by atoms with Crippen molar-refractivity contribution in [1.82, 2.24) is 4.57 Å². The number of nitrogens with zero attached hydrogens (tertiary/aromatic N) is 2. The number of hydrogen-bond donors (Lipinski definition) is 0. The minimum absolute atomic E-state index is 0.0452. The van der Waals surface area contributed by atoms with Gasteiger partial charge in [0.2, 0.25) is 0 Å². The third-order valence-corrected chi connectivity index (χ3v) is 5.23. The van der Waals surface area contributed by atoms with Crippen LogP contribution in [0.2, 0.25) is 5.02 Å². The van der Waals surface area contributed by atoms with Crippen LogP contribution in [0.5, 0.6) is 5.75 Å². The zero-order valence-corrected chi connectivity index (χ0v) is 17.0. The zero-order valence-electron chi connectivity index (χ0n) is 15.5. The Kier molecular flexibility index (Phi) is 6.49. The van der Waals surface area contributed by atoms with Gasteiger partial charge in [-0.3, -0.25) is 9.59 Å². The summed E-state index contributed by atoms with van der Waals surface area (Å²) in [6, 6.07) is 12.2. The minimum Gasteiger partial charge on any atom is -0.494 e. The molecule has 0 unspecified atom stereocenters. The van der Waals surface area contributed by atoms with Gasteiger partial charge in [-0.15, -0.1) is 0 Å². The van der Waals surface area contributed by atoms with Crippen LogP contribution in [0.25, 0.3) is 10.2 Å². The Morgan fingerprint density at radius 1 is 1.14 bits per heavy atom. The Bertz CT molecular complexity index is 1090. The molecule has 3 aromatic rings. The smallest absolute Gasteiger partial charge is 0.326 e. The summed E-state index contributed by atoms with van der Waals surface area (Å²) < 4.78 is 13.1. The summed E-state index contributed by atoms with van der Waals surface area (Å²) in [5.74, 6) is -0.161. The first kappa shape index (κ1) is 20.1. The normalized spacial score (nSPS) is 11.6. The molecule has 6 nitrogen and oxygen atoms in total. The molecule has 2 aromatic carbocycles. The SMILES string of the molecule is CCOC(=O)Cn1c(=NC(=O)c2ccccc2Cl)sc2cc(OCC)ccc21.